The van der Waals surface area contributed by atoms with Crippen LogP contribution in [0.15, 0.2) is 0 Å². The monoisotopic (exact) mass is 226 g/mol. The van der Waals surface area contributed by atoms with Gasteiger partial charge in [0.05, 0.1) is 11.5 Å². The van der Waals surface area contributed by atoms with Crippen molar-refractivity contribution in [1.82, 2.24) is 10.2 Å². The Balaban J connectivity index is 1.96. The first-order valence-electron chi connectivity index (χ1n) is 5.76. The average molecular weight is 226 g/mol. The lowest BCUT2D eigenvalue weighted by Crippen LogP contribution is -2.50. The van der Waals surface area contributed by atoms with Crippen LogP contribution >= 0.6 is 0 Å². The SMILES string of the molecule is CC1(O)CCCN(C(=O)C2CNC(=O)C2)C1. The fourth-order valence-corrected chi connectivity index (χ4v) is 2.45. The van der Waals surface area contributed by atoms with Gasteiger partial charge in [-0.3, -0.25) is 9.59 Å². The molecule has 5 heteroatoms. The summed E-state index contributed by atoms with van der Waals surface area (Å²) in [6.45, 7) is 3.27. The molecular weight excluding hydrogens is 208 g/mol. The van der Waals surface area contributed by atoms with E-state index in [1.807, 2.05) is 0 Å². The Kier molecular flexibility index (Phi) is 2.88. The third kappa shape index (κ3) is 2.35. The van der Waals surface area contributed by atoms with Gasteiger partial charge in [0, 0.05) is 26.1 Å². The molecule has 2 unspecified atom stereocenters. The van der Waals surface area contributed by atoms with Gasteiger partial charge in [0.1, 0.15) is 0 Å². The first-order valence-corrected chi connectivity index (χ1v) is 5.76. The van der Waals surface area contributed by atoms with Gasteiger partial charge in [0.15, 0.2) is 0 Å². The highest BCUT2D eigenvalue weighted by Gasteiger charge is 2.36. The molecule has 2 amide bonds. The summed E-state index contributed by atoms with van der Waals surface area (Å²) in [6.07, 6.45) is 1.85. The predicted molar refractivity (Wildman–Crippen MR) is 57.6 cm³/mol. The van der Waals surface area contributed by atoms with Crippen molar-refractivity contribution in [2.45, 2.75) is 31.8 Å². The van der Waals surface area contributed by atoms with Gasteiger partial charge < -0.3 is 15.3 Å². The number of nitrogens with zero attached hydrogens (tertiary/aromatic N) is 1. The number of nitrogens with one attached hydrogen (secondary N) is 1. The summed E-state index contributed by atoms with van der Waals surface area (Å²) in [5.41, 5.74) is -0.774. The molecule has 2 rings (SSSR count). The highest BCUT2D eigenvalue weighted by Crippen LogP contribution is 2.23. The van der Waals surface area contributed by atoms with E-state index in [-0.39, 0.29) is 24.2 Å². The van der Waals surface area contributed by atoms with Gasteiger partial charge >= 0.3 is 0 Å². The van der Waals surface area contributed by atoms with Crippen LogP contribution in [0, 0.1) is 5.92 Å². The summed E-state index contributed by atoms with van der Waals surface area (Å²) in [5, 5.41) is 12.6. The van der Waals surface area contributed by atoms with Crippen LogP contribution in [-0.4, -0.2) is 47.1 Å². The zero-order valence-electron chi connectivity index (χ0n) is 9.53. The van der Waals surface area contributed by atoms with Crippen molar-refractivity contribution in [3.8, 4) is 0 Å². The van der Waals surface area contributed by atoms with Gasteiger partial charge in [-0.05, 0) is 19.8 Å². The fourth-order valence-electron chi connectivity index (χ4n) is 2.45. The number of hydrogen-bond acceptors (Lipinski definition) is 3. The van der Waals surface area contributed by atoms with Gasteiger partial charge in [-0.1, -0.05) is 0 Å². The molecule has 90 valence electrons. The minimum atomic E-state index is -0.774. The Hall–Kier alpha value is -1.10. The minimum absolute atomic E-state index is 0.00155. The maximum Gasteiger partial charge on any atom is 0.228 e. The standard InChI is InChI=1S/C11H18N2O3/c1-11(16)3-2-4-13(7-11)10(15)8-5-9(14)12-6-8/h8,16H,2-7H2,1H3,(H,12,14). The lowest BCUT2D eigenvalue weighted by molar-refractivity contribution is -0.141. The van der Waals surface area contributed by atoms with Gasteiger partial charge in [0.2, 0.25) is 11.8 Å². The number of carbonyl (C=O) groups excluding carboxylic acids is 2. The topological polar surface area (TPSA) is 69.6 Å². The Labute approximate surface area is 94.8 Å². The summed E-state index contributed by atoms with van der Waals surface area (Å²) in [4.78, 5) is 24.8. The maximum absolute atomic E-state index is 12.1. The molecule has 2 aliphatic heterocycles. The third-order valence-electron chi connectivity index (χ3n) is 3.31. The Morgan fingerprint density at radius 2 is 2.38 bits per heavy atom. The van der Waals surface area contributed by atoms with E-state index >= 15 is 0 Å². The van der Waals surface area contributed by atoms with Crippen LogP contribution in [0.25, 0.3) is 0 Å². The zero-order chi connectivity index (χ0) is 11.8. The van der Waals surface area contributed by atoms with Crippen LogP contribution in [0.3, 0.4) is 0 Å². The first kappa shape index (κ1) is 11.4. The van der Waals surface area contributed by atoms with Gasteiger partial charge in [-0.15, -0.1) is 0 Å². The largest absolute Gasteiger partial charge is 0.388 e. The normalized spacial score (nSPS) is 35.0. The van der Waals surface area contributed by atoms with Crippen LogP contribution in [-0.2, 0) is 9.59 Å². The van der Waals surface area contributed by atoms with Crippen LogP contribution in [0.5, 0.6) is 0 Å². The van der Waals surface area contributed by atoms with Crippen molar-refractivity contribution >= 4 is 11.8 Å². The molecule has 0 saturated carbocycles. The molecule has 0 radical (unpaired) electrons. The number of piperidine rings is 1. The van der Waals surface area contributed by atoms with E-state index in [0.717, 1.165) is 12.8 Å². The number of β-amino-alcohol motifs (C(OH)–C–C–N with tert-alkyl or cyclic N) is 1. The molecule has 0 aromatic heterocycles. The quantitative estimate of drug-likeness (QED) is 0.633. The van der Waals surface area contributed by atoms with Crippen molar-refractivity contribution in [2.24, 2.45) is 5.92 Å². The molecule has 0 spiro atoms. The Morgan fingerprint density at radius 3 is 2.94 bits per heavy atom. The molecule has 0 aliphatic carbocycles. The summed E-state index contributed by atoms with van der Waals surface area (Å²) in [6, 6.07) is 0. The van der Waals surface area contributed by atoms with Crippen molar-refractivity contribution < 1.29 is 14.7 Å². The van der Waals surface area contributed by atoms with Crippen molar-refractivity contribution in [2.75, 3.05) is 19.6 Å². The van der Waals surface area contributed by atoms with E-state index in [4.69, 9.17) is 0 Å². The van der Waals surface area contributed by atoms with Crippen LogP contribution < -0.4 is 5.32 Å². The average Bonchev–Trinajstić information content (AvgIpc) is 2.62. The molecule has 0 aromatic rings. The van der Waals surface area contributed by atoms with Crippen molar-refractivity contribution in [1.29, 1.82) is 0 Å². The fraction of sp³-hybridized carbons (Fsp3) is 0.818. The number of aliphatic hydroxyl groups is 1. The second-order valence-corrected chi connectivity index (χ2v) is 5.07. The van der Waals surface area contributed by atoms with E-state index < -0.39 is 5.60 Å². The zero-order valence-corrected chi connectivity index (χ0v) is 9.53. The number of likely N-dealkylation sites (tertiary alicyclic amines) is 1. The summed E-state index contributed by atoms with van der Waals surface area (Å²) in [7, 11) is 0. The molecule has 2 atom stereocenters. The van der Waals surface area contributed by atoms with E-state index in [1.165, 1.54) is 0 Å². The minimum Gasteiger partial charge on any atom is -0.388 e. The summed E-state index contributed by atoms with van der Waals surface area (Å²) < 4.78 is 0. The van der Waals surface area contributed by atoms with E-state index in [0.29, 0.717) is 19.6 Å². The van der Waals surface area contributed by atoms with Crippen LogP contribution in [0.2, 0.25) is 0 Å². The molecule has 0 bridgehead atoms. The molecule has 0 aromatic carbocycles. The first-order chi connectivity index (χ1) is 7.48. The molecule has 2 aliphatic rings. The number of amides is 2. The predicted octanol–water partition coefficient (Wildman–Crippen LogP) is -0.504. The molecule has 2 N–H and O–H groups in total. The summed E-state index contributed by atoms with van der Waals surface area (Å²) >= 11 is 0. The van der Waals surface area contributed by atoms with Gasteiger partial charge in [-0.25, -0.2) is 0 Å². The highest BCUT2D eigenvalue weighted by molar-refractivity contribution is 5.89. The third-order valence-corrected chi connectivity index (χ3v) is 3.31. The van der Waals surface area contributed by atoms with Crippen molar-refractivity contribution in [3.05, 3.63) is 0 Å². The number of hydrogen-bond donors (Lipinski definition) is 2. The second-order valence-electron chi connectivity index (χ2n) is 5.07. The van der Waals surface area contributed by atoms with Gasteiger partial charge in [-0.2, -0.15) is 0 Å². The number of carbonyl (C=O) groups is 2. The molecule has 2 fully saturated rings. The Morgan fingerprint density at radius 1 is 1.62 bits per heavy atom. The lowest BCUT2D eigenvalue weighted by atomic mass is 9.94. The summed E-state index contributed by atoms with van der Waals surface area (Å²) in [5.74, 6) is -0.290. The molecule has 2 heterocycles. The van der Waals surface area contributed by atoms with Gasteiger partial charge in [0.25, 0.3) is 0 Å². The highest BCUT2D eigenvalue weighted by atomic mass is 16.3. The van der Waals surface area contributed by atoms with Crippen LogP contribution in [0.1, 0.15) is 26.2 Å². The molecule has 2 saturated heterocycles. The molecular formula is C11H18N2O3. The van der Waals surface area contributed by atoms with E-state index in [9.17, 15) is 14.7 Å². The number of rotatable bonds is 1. The van der Waals surface area contributed by atoms with Crippen molar-refractivity contribution in [3.63, 3.8) is 0 Å². The second kappa shape index (κ2) is 4.05. The molecule has 5 nitrogen and oxygen atoms in total. The van der Waals surface area contributed by atoms with Crippen LogP contribution in [0.4, 0.5) is 0 Å². The molecule has 16 heavy (non-hydrogen) atoms. The van der Waals surface area contributed by atoms with E-state index in [1.54, 1.807) is 11.8 Å². The maximum atomic E-state index is 12.1. The smallest absolute Gasteiger partial charge is 0.228 e. The Bertz CT molecular complexity index is 314. The van der Waals surface area contributed by atoms with E-state index in [2.05, 4.69) is 5.32 Å². The lowest BCUT2D eigenvalue weighted by Gasteiger charge is -2.37.